The summed E-state index contributed by atoms with van der Waals surface area (Å²) in [5.41, 5.74) is 2.25. The van der Waals surface area contributed by atoms with E-state index in [2.05, 4.69) is 31.7 Å². The van der Waals surface area contributed by atoms with Gasteiger partial charge in [0.2, 0.25) is 11.8 Å². The lowest BCUT2D eigenvalue weighted by atomic mass is 9.83. The van der Waals surface area contributed by atoms with Crippen LogP contribution in [0.1, 0.15) is 32.6 Å². The Balaban J connectivity index is 1.58. The number of nitrogens with zero attached hydrogens (tertiary/aromatic N) is 7. The van der Waals surface area contributed by atoms with Crippen LogP contribution in [0.4, 0.5) is 10.3 Å². The second kappa shape index (κ2) is 10.4. The molecule has 13 heteroatoms. The van der Waals surface area contributed by atoms with Crippen molar-refractivity contribution in [1.29, 1.82) is 0 Å². The normalized spacial score (nSPS) is 22.3. The number of imidazole rings is 1. The Morgan fingerprint density at radius 3 is 2.76 bits per heavy atom. The SMILES string of the molecule is CC1CCC(Cn2c(N3CCOC[C@H]3CF)nc3nc(-c4n[nH]c(=O)o4)nc(-c4cncc(Cl)c4)c32)CC1. The molecule has 0 amide bonds. The number of fused-ring (bicyclic) bond motifs is 1. The molecule has 1 aliphatic heterocycles. The molecule has 4 aromatic heterocycles. The number of aromatic amines is 1. The maximum Gasteiger partial charge on any atom is 0.434 e. The summed E-state index contributed by atoms with van der Waals surface area (Å²) in [5, 5.41) is 6.60. The van der Waals surface area contributed by atoms with Crippen molar-refractivity contribution >= 4 is 28.7 Å². The van der Waals surface area contributed by atoms with Gasteiger partial charge in [0.05, 0.1) is 24.3 Å². The van der Waals surface area contributed by atoms with Gasteiger partial charge in [0.15, 0.2) is 5.65 Å². The first-order valence-electron chi connectivity index (χ1n) is 12.9. The zero-order valence-electron chi connectivity index (χ0n) is 20.9. The van der Waals surface area contributed by atoms with Gasteiger partial charge in [-0.05, 0) is 30.7 Å². The number of H-pyrrole nitrogens is 1. The first kappa shape index (κ1) is 24.9. The number of halogens is 2. The quantitative estimate of drug-likeness (QED) is 0.386. The molecule has 0 radical (unpaired) electrons. The number of ether oxygens (including phenoxy) is 1. The lowest BCUT2D eigenvalue weighted by Gasteiger charge is -2.36. The molecule has 5 heterocycles. The number of aromatic nitrogens is 7. The number of alkyl halides is 1. The van der Waals surface area contributed by atoms with Gasteiger partial charge in [-0.25, -0.2) is 24.3 Å². The van der Waals surface area contributed by atoms with E-state index in [4.69, 9.17) is 30.7 Å². The standard InChI is InChI=1S/C25H28ClFN8O3/c1-14-2-4-15(5-3-14)12-35-20-19(16-8-17(26)11-28-10-16)29-22(23-32-33-25(36)38-23)30-21(20)31-24(35)34-6-7-37-13-18(34)9-27/h8,10-11,14-15,18H,2-7,9,12-13H2,1H3,(H,33,36)/t14?,15?,18-/m1/s1. The van der Waals surface area contributed by atoms with Crippen LogP contribution < -0.4 is 10.7 Å². The van der Waals surface area contributed by atoms with Crippen LogP contribution in [-0.2, 0) is 11.3 Å². The monoisotopic (exact) mass is 542 g/mol. The summed E-state index contributed by atoms with van der Waals surface area (Å²) in [4.78, 5) is 32.2. The van der Waals surface area contributed by atoms with Gasteiger partial charge in [0.25, 0.3) is 5.89 Å². The highest BCUT2D eigenvalue weighted by molar-refractivity contribution is 6.30. The number of hydrogen-bond donors (Lipinski definition) is 1. The molecule has 2 fully saturated rings. The van der Waals surface area contributed by atoms with Crippen LogP contribution in [-0.4, -0.2) is 67.2 Å². The fourth-order valence-corrected chi connectivity index (χ4v) is 5.57. The van der Waals surface area contributed by atoms with Gasteiger partial charge in [-0.3, -0.25) is 4.98 Å². The third kappa shape index (κ3) is 4.78. The molecule has 0 spiro atoms. The van der Waals surface area contributed by atoms with Crippen molar-refractivity contribution in [1.82, 2.24) is 34.7 Å². The summed E-state index contributed by atoms with van der Waals surface area (Å²) in [6.07, 6.45) is 7.74. The Kier molecular flexibility index (Phi) is 6.83. The number of rotatable bonds is 6. The fraction of sp³-hybridized carbons (Fsp3) is 0.520. The summed E-state index contributed by atoms with van der Waals surface area (Å²) in [7, 11) is 0. The molecule has 1 N–H and O–H groups in total. The highest BCUT2D eigenvalue weighted by Gasteiger charge is 2.31. The van der Waals surface area contributed by atoms with Gasteiger partial charge in [0.1, 0.15) is 17.9 Å². The van der Waals surface area contributed by atoms with Gasteiger partial charge in [0, 0.05) is 31.0 Å². The lowest BCUT2D eigenvalue weighted by Crippen LogP contribution is -2.48. The average Bonchev–Trinajstić information content (AvgIpc) is 3.53. The van der Waals surface area contributed by atoms with Gasteiger partial charge < -0.3 is 18.6 Å². The zero-order valence-corrected chi connectivity index (χ0v) is 21.7. The molecular formula is C25H28ClFN8O3. The average molecular weight is 543 g/mol. The summed E-state index contributed by atoms with van der Waals surface area (Å²) < 4.78 is 26.9. The molecule has 200 valence electrons. The van der Waals surface area contributed by atoms with Crippen molar-refractivity contribution in [2.45, 2.75) is 45.2 Å². The third-order valence-electron chi connectivity index (χ3n) is 7.43. The van der Waals surface area contributed by atoms with E-state index in [-0.39, 0.29) is 18.3 Å². The number of hydrogen-bond acceptors (Lipinski definition) is 9. The van der Waals surface area contributed by atoms with Crippen molar-refractivity contribution in [3.05, 3.63) is 34.0 Å². The molecule has 1 aliphatic carbocycles. The van der Waals surface area contributed by atoms with Crippen LogP contribution in [0.3, 0.4) is 0 Å². The van der Waals surface area contributed by atoms with Crippen LogP contribution in [0.5, 0.6) is 0 Å². The number of morpholine rings is 1. The first-order valence-corrected chi connectivity index (χ1v) is 13.2. The predicted octanol–water partition coefficient (Wildman–Crippen LogP) is 3.89. The van der Waals surface area contributed by atoms with E-state index in [1.54, 1.807) is 18.5 Å². The highest BCUT2D eigenvalue weighted by atomic mass is 35.5. The summed E-state index contributed by atoms with van der Waals surface area (Å²) in [6, 6.07) is 1.30. The molecule has 4 aromatic rings. The van der Waals surface area contributed by atoms with Crippen molar-refractivity contribution in [2.24, 2.45) is 11.8 Å². The van der Waals surface area contributed by atoms with E-state index in [1.807, 2.05) is 4.90 Å². The minimum Gasteiger partial charge on any atom is -0.384 e. The van der Waals surface area contributed by atoms with E-state index >= 15 is 0 Å². The highest BCUT2D eigenvalue weighted by Crippen LogP contribution is 2.36. The molecule has 0 bridgehead atoms. The summed E-state index contributed by atoms with van der Waals surface area (Å²) >= 11 is 6.31. The molecule has 1 saturated carbocycles. The van der Waals surface area contributed by atoms with Gasteiger partial charge >= 0.3 is 5.76 Å². The van der Waals surface area contributed by atoms with Crippen LogP contribution in [0.15, 0.2) is 27.7 Å². The van der Waals surface area contributed by atoms with Crippen LogP contribution in [0.25, 0.3) is 34.1 Å². The molecule has 0 aromatic carbocycles. The molecule has 11 nitrogen and oxygen atoms in total. The molecule has 0 unspecified atom stereocenters. The largest absolute Gasteiger partial charge is 0.434 e. The maximum atomic E-state index is 14.1. The molecule has 2 aliphatic rings. The zero-order chi connectivity index (χ0) is 26.2. The number of pyridine rings is 1. The van der Waals surface area contributed by atoms with E-state index < -0.39 is 18.5 Å². The Hall–Kier alpha value is -3.38. The first-order chi connectivity index (χ1) is 18.5. The second-order valence-corrected chi connectivity index (χ2v) is 10.5. The molecule has 1 atom stereocenters. The number of anilines is 1. The molecule has 1 saturated heterocycles. The van der Waals surface area contributed by atoms with Crippen molar-refractivity contribution < 1.29 is 13.5 Å². The van der Waals surface area contributed by atoms with Crippen LogP contribution in [0, 0.1) is 11.8 Å². The Bertz CT molecular complexity index is 1500. The Labute approximate surface area is 222 Å². The lowest BCUT2D eigenvalue weighted by molar-refractivity contribution is 0.0846. The molecule has 38 heavy (non-hydrogen) atoms. The molecule has 6 rings (SSSR count). The smallest absolute Gasteiger partial charge is 0.384 e. The van der Waals surface area contributed by atoms with Crippen molar-refractivity contribution in [3.63, 3.8) is 0 Å². The van der Waals surface area contributed by atoms with E-state index in [9.17, 15) is 9.18 Å². The fourth-order valence-electron chi connectivity index (χ4n) is 5.40. The minimum absolute atomic E-state index is 0.0569. The third-order valence-corrected chi connectivity index (χ3v) is 7.64. The number of nitrogens with one attached hydrogen (secondary N) is 1. The summed E-state index contributed by atoms with van der Waals surface area (Å²) in [6.45, 7) is 3.67. The predicted molar refractivity (Wildman–Crippen MR) is 139 cm³/mol. The maximum absolute atomic E-state index is 14.1. The van der Waals surface area contributed by atoms with E-state index in [1.165, 1.54) is 12.8 Å². The minimum atomic E-state index is -0.716. The second-order valence-electron chi connectivity index (χ2n) is 10.1. The van der Waals surface area contributed by atoms with Crippen LogP contribution >= 0.6 is 11.6 Å². The van der Waals surface area contributed by atoms with E-state index in [0.717, 1.165) is 12.8 Å². The molecular weight excluding hydrogens is 515 g/mol. The van der Waals surface area contributed by atoms with E-state index in [0.29, 0.717) is 64.9 Å². The van der Waals surface area contributed by atoms with Gasteiger partial charge in [-0.15, -0.1) is 5.10 Å². The van der Waals surface area contributed by atoms with Gasteiger partial charge in [-0.2, -0.15) is 4.98 Å². The Morgan fingerprint density at radius 1 is 1.18 bits per heavy atom. The van der Waals surface area contributed by atoms with Crippen molar-refractivity contribution in [3.8, 4) is 23.0 Å². The topological polar surface area (TPSA) is 128 Å². The Morgan fingerprint density at radius 2 is 2.03 bits per heavy atom. The van der Waals surface area contributed by atoms with Crippen LogP contribution in [0.2, 0.25) is 5.02 Å². The van der Waals surface area contributed by atoms with Gasteiger partial charge in [-0.1, -0.05) is 31.4 Å². The van der Waals surface area contributed by atoms with Crippen molar-refractivity contribution in [2.75, 3.05) is 31.3 Å². The summed E-state index contributed by atoms with van der Waals surface area (Å²) in [5.74, 6) is 1.09.